The van der Waals surface area contributed by atoms with Crippen molar-refractivity contribution in [1.82, 2.24) is 0 Å². The highest BCUT2D eigenvalue weighted by Gasteiger charge is 2.26. The molecule has 1 fully saturated rings. The maximum Gasteiger partial charge on any atom is 0.145 e. The normalized spacial score (nSPS) is 27.7. The second-order valence-electron chi connectivity index (χ2n) is 5.13. The van der Waals surface area contributed by atoms with Gasteiger partial charge < -0.3 is 0 Å². The van der Waals surface area contributed by atoms with Gasteiger partial charge in [0.2, 0.25) is 0 Å². The molecule has 0 bridgehead atoms. The molecule has 3 unspecified atom stereocenters. The molecule has 16 heavy (non-hydrogen) atoms. The molecule has 1 saturated carbocycles. The Labute approximate surface area is 105 Å². The van der Waals surface area contributed by atoms with Crippen molar-refractivity contribution in [3.05, 3.63) is 0 Å². The molecule has 1 aliphatic rings. The molecule has 94 valence electrons. The Bertz CT molecular complexity index is 215. The lowest BCUT2D eigenvalue weighted by atomic mass is 9.78. The van der Waals surface area contributed by atoms with Gasteiger partial charge >= 0.3 is 0 Å². The van der Waals surface area contributed by atoms with Crippen molar-refractivity contribution in [2.24, 2.45) is 11.8 Å². The monoisotopic (exact) mass is 242 g/mol. The van der Waals surface area contributed by atoms with Gasteiger partial charge in [0.1, 0.15) is 5.78 Å². The first kappa shape index (κ1) is 14.1. The van der Waals surface area contributed by atoms with Crippen molar-refractivity contribution in [3.8, 4) is 0 Å². The first-order chi connectivity index (χ1) is 7.67. The largest absolute Gasteiger partial charge is 0.298 e. The van der Waals surface area contributed by atoms with Crippen LogP contribution in [0.5, 0.6) is 0 Å². The van der Waals surface area contributed by atoms with E-state index in [2.05, 4.69) is 20.8 Å². The summed E-state index contributed by atoms with van der Waals surface area (Å²) in [6.07, 6.45) is 7.34. The number of Topliss-reactive ketones (excluding diaryl/α,β-unsaturated/α-hetero) is 1. The number of thioether (sulfide) groups is 1. The zero-order valence-electron chi connectivity index (χ0n) is 11.0. The summed E-state index contributed by atoms with van der Waals surface area (Å²) in [6.45, 7) is 6.66. The van der Waals surface area contributed by atoms with Crippen LogP contribution in [-0.4, -0.2) is 16.8 Å². The van der Waals surface area contributed by atoms with E-state index in [0.29, 0.717) is 17.0 Å². The number of rotatable bonds is 6. The number of hydrogen-bond donors (Lipinski definition) is 0. The second kappa shape index (κ2) is 7.37. The maximum atomic E-state index is 12.1. The van der Waals surface area contributed by atoms with Gasteiger partial charge in [-0.05, 0) is 25.2 Å². The molecule has 0 N–H and O–H groups in total. The van der Waals surface area contributed by atoms with Crippen molar-refractivity contribution in [2.45, 2.75) is 64.5 Å². The zero-order chi connectivity index (χ0) is 12.0. The average Bonchev–Trinajstić information content (AvgIpc) is 2.35. The molecule has 1 rings (SSSR count). The summed E-state index contributed by atoms with van der Waals surface area (Å²) in [5.74, 6) is 2.46. The van der Waals surface area contributed by atoms with E-state index in [1.54, 1.807) is 0 Å². The predicted octanol–water partition coefficient (Wildman–Crippen LogP) is 4.30. The Hall–Kier alpha value is 0.0200. The van der Waals surface area contributed by atoms with E-state index in [0.717, 1.165) is 24.5 Å². The molecular weight excluding hydrogens is 216 g/mol. The molecule has 0 aromatic rings. The Balaban J connectivity index is 2.30. The highest BCUT2D eigenvalue weighted by atomic mass is 32.2. The summed E-state index contributed by atoms with van der Waals surface area (Å²) in [4.78, 5) is 12.1. The van der Waals surface area contributed by atoms with Gasteiger partial charge in [-0.3, -0.25) is 4.79 Å². The molecule has 1 aliphatic carbocycles. The standard InChI is InChI=1S/C14H26OS/c1-4-11(3)16-10-14(15)13-8-6-7-12(5-2)9-13/h11-13H,4-10H2,1-3H3. The second-order valence-corrected chi connectivity index (χ2v) is 6.56. The molecule has 3 atom stereocenters. The SMILES string of the molecule is CCC1CCCC(C(=O)CSC(C)CC)C1. The van der Waals surface area contributed by atoms with Gasteiger partial charge in [-0.25, -0.2) is 0 Å². The fraction of sp³-hybridized carbons (Fsp3) is 0.929. The van der Waals surface area contributed by atoms with Gasteiger partial charge in [0.25, 0.3) is 0 Å². The van der Waals surface area contributed by atoms with Crippen LogP contribution in [0.25, 0.3) is 0 Å². The van der Waals surface area contributed by atoms with E-state index < -0.39 is 0 Å². The Kier molecular flexibility index (Phi) is 6.48. The van der Waals surface area contributed by atoms with Gasteiger partial charge in [0.15, 0.2) is 0 Å². The summed E-state index contributed by atoms with van der Waals surface area (Å²) in [5, 5.41) is 0.634. The smallest absolute Gasteiger partial charge is 0.145 e. The third kappa shape index (κ3) is 4.48. The molecule has 0 heterocycles. The minimum absolute atomic E-state index is 0.384. The summed E-state index contributed by atoms with van der Waals surface area (Å²) < 4.78 is 0. The first-order valence-electron chi connectivity index (χ1n) is 6.81. The van der Waals surface area contributed by atoms with Crippen molar-refractivity contribution in [1.29, 1.82) is 0 Å². The third-order valence-corrected chi connectivity index (χ3v) is 5.25. The van der Waals surface area contributed by atoms with E-state index in [4.69, 9.17) is 0 Å². The summed E-state index contributed by atoms with van der Waals surface area (Å²) in [6, 6.07) is 0. The van der Waals surface area contributed by atoms with Crippen molar-refractivity contribution < 1.29 is 4.79 Å². The van der Waals surface area contributed by atoms with Crippen LogP contribution in [0.3, 0.4) is 0 Å². The molecule has 0 aliphatic heterocycles. The fourth-order valence-electron chi connectivity index (χ4n) is 2.41. The van der Waals surface area contributed by atoms with Gasteiger partial charge in [-0.2, -0.15) is 11.8 Å². The van der Waals surface area contributed by atoms with Crippen molar-refractivity contribution in [3.63, 3.8) is 0 Å². The molecule has 1 nitrogen and oxygen atoms in total. The zero-order valence-corrected chi connectivity index (χ0v) is 11.8. The first-order valence-corrected chi connectivity index (χ1v) is 7.86. The lowest BCUT2D eigenvalue weighted by Crippen LogP contribution is -2.24. The number of ketones is 1. The number of hydrogen-bond acceptors (Lipinski definition) is 2. The van der Waals surface area contributed by atoms with Crippen LogP contribution in [0.2, 0.25) is 0 Å². The molecule has 0 amide bonds. The van der Waals surface area contributed by atoms with Gasteiger partial charge in [0, 0.05) is 11.2 Å². The summed E-state index contributed by atoms with van der Waals surface area (Å²) >= 11 is 1.84. The minimum Gasteiger partial charge on any atom is -0.298 e. The third-order valence-electron chi connectivity index (χ3n) is 3.90. The van der Waals surface area contributed by atoms with Crippen molar-refractivity contribution >= 4 is 17.5 Å². The number of carbonyl (C=O) groups excluding carboxylic acids is 1. The average molecular weight is 242 g/mol. The topological polar surface area (TPSA) is 17.1 Å². The van der Waals surface area contributed by atoms with E-state index in [9.17, 15) is 4.79 Å². The van der Waals surface area contributed by atoms with Crippen molar-refractivity contribution in [2.75, 3.05) is 5.75 Å². The Morgan fingerprint density at radius 1 is 1.38 bits per heavy atom. The van der Waals surface area contributed by atoms with Crippen LogP contribution in [-0.2, 0) is 4.79 Å². The lowest BCUT2D eigenvalue weighted by Gasteiger charge is -2.27. The van der Waals surface area contributed by atoms with Gasteiger partial charge in [0.05, 0.1) is 5.75 Å². The van der Waals surface area contributed by atoms with E-state index in [-0.39, 0.29) is 0 Å². The van der Waals surface area contributed by atoms with E-state index in [1.165, 1.54) is 25.7 Å². The highest BCUT2D eigenvalue weighted by molar-refractivity contribution is 8.00. The van der Waals surface area contributed by atoms with E-state index >= 15 is 0 Å². The van der Waals surface area contributed by atoms with Crippen LogP contribution in [0.1, 0.15) is 59.3 Å². The Morgan fingerprint density at radius 3 is 2.75 bits per heavy atom. The van der Waals surface area contributed by atoms with Gasteiger partial charge in [-0.15, -0.1) is 0 Å². The Morgan fingerprint density at radius 2 is 2.12 bits per heavy atom. The maximum absolute atomic E-state index is 12.1. The fourth-order valence-corrected chi connectivity index (χ4v) is 3.33. The van der Waals surface area contributed by atoms with Crippen LogP contribution in [0.15, 0.2) is 0 Å². The van der Waals surface area contributed by atoms with Crippen LogP contribution in [0.4, 0.5) is 0 Å². The molecule has 0 saturated heterocycles. The molecule has 0 aromatic carbocycles. The molecule has 0 radical (unpaired) electrons. The van der Waals surface area contributed by atoms with E-state index in [1.807, 2.05) is 11.8 Å². The summed E-state index contributed by atoms with van der Waals surface area (Å²) in [5.41, 5.74) is 0. The number of carbonyl (C=O) groups is 1. The molecule has 0 aromatic heterocycles. The molecule has 0 spiro atoms. The molecule has 2 heteroatoms. The molecular formula is C14H26OS. The minimum atomic E-state index is 0.384. The lowest BCUT2D eigenvalue weighted by molar-refractivity contribution is -0.121. The predicted molar refractivity (Wildman–Crippen MR) is 73.0 cm³/mol. The van der Waals surface area contributed by atoms with Crippen LogP contribution >= 0.6 is 11.8 Å². The van der Waals surface area contributed by atoms with Crippen LogP contribution in [0, 0.1) is 11.8 Å². The van der Waals surface area contributed by atoms with Gasteiger partial charge in [-0.1, -0.05) is 40.0 Å². The quantitative estimate of drug-likeness (QED) is 0.690. The van der Waals surface area contributed by atoms with Crippen LogP contribution < -0.4 is 0 Å². The highest BCUT2D eigenvalue weighted by Crippen LogP contribution is 2.32. The summed E-state index contributed by atoms with van der Waals surface area (Å²) in [7, 11) is 0.